The molecule has 1 aliphatic carbocycles. The number of nitrogens with zero attached hydrogens (tertiary/aromatic N) is 2. The number of hydrogen-bond donors (Lipinski definition) is 1. The zero-order valence-electron chi connectivity index (χ0n) is 9.03. The molecule has 5 heteroatoms. The molecule has 0 aromatic carbocycles. The van der Waals surface area contributed by atoms with E-state index in [9.17, 15) is 4.79 Å². The Morgan fingerprint density at radius 3 is 2.88 bits per heavy atom. The Labute approximate surface area is 103 Å². The zero-order valence-corrected chi connectivity index (χ0v) is 10.6. The molecule has 0 aliphatic heterocycles. The third-order valence-corrected chi connectivity index (χ3v) is 3.96. The van der Waals surface area contributed by atoms with Crippen molar-refractivity contribution in [3.63, 3.8) is 0 Å². The first-order valence-corrected chi connectivity index (χ1v) is 6.41. The van der Waals surface area contributed by atoms with Gasteiger partial charge in [0.05, 0.1) is 12.2 Å². The molecule has 0 unspecified atom stereocenters. The molecule has 0 atom stereocenters. The van der Waals surface area contributed by atoms with Crippen LogP contribution in [0.2, 0.25) is 0 Å². The Bertz CT molecular complexity index is 383. The highest BCUT2D eigenvalue weighted by Gasteiger charge is 2.21. The van der Waals surface area contributed by atoms with E-state index in [-0.39, 0.29) is 6.42 Å². The van der Waals surface area contributed by atoms with E-state index in [1.807, 2.05) is 4.68 Å². The van der Waals surface area contributed by atoms with Crippen LogP contribution in [0, 0.1) is 0 Å². The van der Waals surface area contributed by atoms with Crippen LogP contribution < -0.4 is 0 Å². The molecule has 4 nitrogen and oxygen atoms in total. The van der Waals surface area contributed by atoms with Crippen LogP contribution in [0.15, 0.2) is 10.8 Å². The fourth-order valence-corrected chi connectivity index (χ4v) is 2.88. The molecular weight excluding hydrogens is 272 g/mol. The van der Waals surface area contributed by atoms with Gasteiger partial charge >= 0.3 is 5.97 Å². The average molecular weight is 287 g/mol. The molecule has 2 rings (SSSR count). The van der Waals surface area contributed by atoms with Crippen molar-refractivity contribution in [3.05, 3.63) is 16.4 Å². The van der Waals surface area contributed by atoms with Gasteiger partial charge in [-0.3, -0.25) is 9.48 Å². The maximum absolute atomic E-state index is 10.5. The molecule has 1 aromatic heterocycles. The zero-order chi connectivity index (χ0) is 11.5. The molecule has 88 valence electrons. The van der Waals surface area contributed by atoms with Gasteiger partial charge in [-0.05, 0) is 35.2 Å². The minimum Gasteiger partial charge on any atom is -0.481 e. The second-order valence-corrected chi connectivity index (χ2v) is 4.99. The van der Waals surface area contributed by atoms with Crippen molar-refractivity contribution >= 4 is 21.9 Å². The Morgan fingerprint density at radius 1 is 1.56 bits per heavy atom. The molecule has 0 spiro atoms. The maximum Gasteiger partial charge on any atom is 0.303 e. The smallest absolute Gasteiger partial charge is 0.303 e. The van der Waals surface area contributed by atoms with Crippen LogP contribution in [0.25, 0.3) is 0 Å². The summed E-state index contributed by atoms with van der Waals surface area (Å²) in [6.07, 6.45) is 7.38. The van der Waals surface area contributed by atoms with Crippen molar-refractivity contribution in [1.82, 2.24) is 9.78 Å². The highest BCUT2D eigenvalue weighted by atomic mass is 79.9. The fraction of sp³-hybridized carbons (Fsp3) is 0.636. The number of aromatic nitrogens is 2. The summed E-state index contributed by atoms with van der Waals surface area (Å²) in [5.74, 6) is -0.763. The lowest BCUT2D eigenvalue weighted by molar-refractivity contribution is -0.136. The normalized spacial score (nSPS) is 16.8. The van der Waals surface area contributed by atoms with Gasteiger partial charge in [-0.1, -0.05) is 12.8 Å². The lowest BCUT2D eigenvalue weighted by atomic mass is 10.2. The first-order valence-electron chi connectivity index (χ1n) is 5.62. The van der Waals surface area contributed by atoms with E-state index in [2.05, 4.69) is 21.0 Å². The summed E-state index contributed by atoms with van der Waals surface area (Å²) < 4.78 is 2.96. The molecule has 0 saturated heterocycles. The van der Waals surface area contributed by atoms with Crippen LogP contribution in [0.3, 0.4) is 0 Å². The maximum atomic E-state index is 10.5. The van der Waals surface area contributed by atoms with Gasteiger partial charge < -0.3 is 5.11 Å². The summed E-state index contributed by atoms with van der Waals surface area (Å²) in [6, 6.07) is 0.493. The highest BCUT2D eigenvalue weighted by molar-refractivity contribution is 9.10. The van der Waals surface area contributed by atoms with Crippen molar-refractivity contribution in [1.29, 1.82) is 0 Å². The summed E-state index contributed by atoms with van der Waals surface area (Å²) in [6.45, 7) is 0. The molecule has 1 aliphatic rings. The number of aliphatic carboxylic acids is 1. The molecule has 16 heavy (non-hydrogen) atoms. The highest BCUT2D eigenvalue weighted by Crippen LogP contribution is 2.32. The number of aryl methyl sites for hydroxylation is 1. The van der Waals surface area contributed by atoms with Crippen LogP contribution >= 0.6 is 15.9 Å². The number of hydrogen-bond acceptors (Lipinski definition) is 2. The predicted octanol–water partition coefficient (Wildman–Crippen LogP) is 2.78. The van der Waals surface area contributed by atoms with Crippen molar-refractivity contribution in [2.75, 3.05) is 0 Å². The largest absolute Gasteiger partial charge is 0.481 e. The first kappa shape index (κ1) is 11.6. The molecule has 1 fully saturated rings. The van der Waals surface area contributed by atoms with Gasteiger partial charge in [-0.25, -0.2) is 0 Å². The number of carboxylic acid groups (broad SMARTS) is 1. The van der Waals surface area contributed by atoms with Crippen molar-refractivity contribution in [3.8, 4) is 0 Å². The monoisotopic (exact) mass is 286 g/mol. The second kappa shape index (κ2) is 4.99. The van der Waals surface area contributed by atoms with Gasteiger partial charge in [0, 0.05) is 12.0 Å². The number of halogens is 1. The molecule has 0 amide bonds. The van der Waals surface area contributed by atoms with E-state index < -0.39 is 5.97 Å². The van der Waals surface area contributed by atoms with E-state index in [0.29, 0.717) is 12.5 Å². The van der Waals surface area contributed by atoms with Crippen molar-refractivity contribution in [2.45, 2.75) is 44.6 Å². The lowest BCUT2D eigenvalue weighted by Gasteiger charge is -2.11. The van der Waals surface area contributed by atoms with Crippen LogP contribution in [0.5, 0.6) is 0 Å². The number of carbonyl (C=O) groups is 1. The van der Waals surface area contributed by atoms with E-state index >= 15 is 0 Å². The molecule has 0 bridgehead atoms. The lowest BCUT2D eigenvalue weighted by Crippen LogP contribution is -2.07. The Balaban J connectivity index is 2.07. The summed E-state index contributed by atoms with van der Waals surface area (Å²) >= 11 is 3.52. The minimum absolute atomic E-state index is 0.162. The minimum atomic E-state index is -0.763. The Hall–Kier alpha value is -0.840. The van der Waals surface area contributed by atoms with Gasteiger partial charge in [0.1, 0.15) is 4.60 Å². The molecule has 0 radical (unpaired) electrons. The summed E-state index contributed by atoms with van der Waals surface area (Å²) in [5.41, 5.74) is 0.995. The summed E-state index contributed by atoms with van der Waals surface area (Å²) in [7, 11) is 0. The van der Waals surface area contributed by atoms with Crippen LogP contribution in [0.1, 0.15) is 43.7 Å². The van der Waals surface area contributed by atoms with E-state index in [1.165, 1.54) is 25.7 Å². The molecular formula is C11H15BrN2O2. The quantitative estimate of drug-likeness (QED) is 0.926. The van der Waals surface area contributed by atoms with E-state index in [4.69, 9.17) is 5.11 Å². The first-order chi connectivity index (χ1) is 7.68. The molecule has 1 saturated carbocycles. The van der Waals surface area contributed by atoms with Crippen LogP contribution in [0.4, 0.5) is 0 Å². The number of carboxylic acids is 1. The van der Waals surface area contributed by atoms with E-state index in [0.717, 1.165) is 10.2 Å². The second-order valence-electron chi connectivity index (χ2n) is 4.24. The predicted molar refractivity (Wildman–Crippen MR) is 63.4 cm³/mol. The standard InChI is InChI=1S/C11H15BrN2O2/c12-11-8(5-6-10(15)16)7-13-14(11)9-3-1-2-4-9/h7,9H,1-6H2,(H,15,16). The fourth-order valence-electron chi connectivity index (χ4n) is 2.20. The van der Waals surface area contributed by atoms with Gasteiger partial charge in [0.2, 0.25) is 0 Å². The van der Waals surface area contributed by atoms with Crippen molar-refractivity contribution < 1.29 is 9.90 Å². The number of rotatable bonds is 4. The van der Waals surface area contributed by atoms with Crippen LogP contribution in [-0.4, -0.2) is 20.9 Å². The Kier molecular flexibility index (Phi) is 3.63. The SMILES string of the molecule is O=C(O)CCc1cnn(C2CCCC2)c1Br. The molecule has 1 aromatic rings. The third kappa shape index (κ3) is 2.45. The molecule has 1 heterocycles. The third-order valence-electron chi connectivity index (χ3n) is 3.08. The van der Waals surface area contributed by atoms with Crippen molar-refractivity contribution in [2.24, 2.45) is 0 Å². The van der Waals surface area contributed by atoms with Gasteiger partial charge in [0.15, 0.2) is 0 Å². The molecule has 1 N–H and O–H groups in total. The van der Waals surface area contributed by atoms with Crippen LogP contribution in [-0.2, 0) is 11.2 Å². The summed E-state index contributed by atoms with van der Waals surface area (Å²) in [4.78, 5) is 10.5. The topological polar surface area (TPSA) is 55.1 Å². The van der Waals surface area contributed by atoms with Gasteiger partial charge in [-0.2, -0.15) is 5.10 Å². The Morgan fingerprint density at radius 2 is 2.25 bits per heavy atom. The van der Waals surface area contributed by atoms with Gasteiger partial charge in [-0.15, -0.1) is 0 Å². The van der Waals surface area contributed by atoms with Gasteiger partial charge in [0.25, 0.3) is 0 Å². The average Bonchev–Trinajstić information content (AvgIpc) is 2.84. The van der Waals surface area contributed by atoms with E-state index in [1.54, 1.807) is 6.20 Å². The summed E-state index contributed by atoms with van der Waals surface area (Å²) in [5, 5.41) is 13.0.